The molecule has 1 saturated heterocycles. The molecule has 1 amide bonds. The molecule has 0 unspecified atom stereocenters. The van der Waals surface area contributed by atoms with Gasteiger partial charge in [-0.3, -0.25) is 9.69 Å². The normalized spacial score (nSPS) is 16.2. The molecule has 29 heavy (non-hydrogen) atoms. The fraction of sp³-hybridized carbons (Fsp3) is 0.316. The van der Waals surface area contributed by atoms with Gasteiger partial charge in [0.05, 0.1) is 18.3 Å². The maximum absolute atomic E-state index is 13.1. The molecule has 3 aromatic rings. The lowest BCUT2D eigenvalue weighted by Gasteiger charge is -2.33. The number of anilines is 1. The molecule has 1 aliphatic heterocycles. The van der Waals surface area contributed by atoms with E-state index in [0.717, 1.165) is 23.0 Å². The number of fused-ring (bicyclic) bond motifs is 1. The summed E-state index contributed by atoms with van der Waals surface area (Å²) in [5, 5.41) is 2.87. The zero-order chi connectivity index (χ0) is 20.4. The second kappa shape index (κ2) is 8.15. The Labute approximate surface area is 173 Å². The number of aromatic nitrogens is 2. The van der Waals surface area contributed by atoms with Crippen LogP contribution in [0.15, 0.2) is 47.4 Å². The molecule has 1 fully saturated rings. The largest absolute Gasteiger partial charge is 0.325 e. The number of hydrogen-bond donors (Lipinski definition) is 1. The molecule has 1 N–H and O–H groups in total. The average Bonchev–Trinajstić information content (AvgIpc) is 3.19. The summed E-state index contributed by atoms with van der Waals surface area (Å²) >= 11 is 1.00. The van der Waals surface area contributed by atoms with Crippen molar-refractivity contribution < 1.29 is 13.2 Å². The van der Waals surface area contributed by atoms with Gasteiger partial charge in [-0.25, -0.2) is 8.42 Å². The van der Waals surface area contributed by atoms with E-state index in [9.17, 15) is 13.2 Å². The molecule has 10 heteroatoms. The van der Waals surface area contributed by atoms with Crippen LogP contribution in [0.1, 0.15) is 5.56 Å². The molecule has 8 nitrogen and oxygen atoms in total. The van der Waals surface area contributed by atoms with E-state index in [0.29, 0.717) is 37.2 Å². The number of piperazine rings is 1. The molecule has 0 radical (unpaired) electrons. The summed E-state index contributed by atoms with van der Waals surface area (Å²) in [7, 11) is -3.65. The van der Waals surface area contributed by atoms with Gasteiger partial charge in [0.25, 0.3) is 0 Å². The van der Waals surface area contributed by atoms with Crippen molar-refractivity contribution in [1.29, 1.82) is 0 Å². The lowest BCUT2D eigenvalue weighted by Crippen LogP contribution is -2.50. The fourth-order valence-corrected chi connectivity index (χ4v) is 5.47. The monoisotopic (exact) mass is 431 g/mol. The van der Waals surface area contributed by atoms with Gasteiger partial charge in [0.15, 0.2) is 0 Å². The number of nitrogens with one attached hydrogen (secondary N) is 1. The van der Waals surface area contributed by atoms with Gasteiger partial charge in [0.1, 0.15) is 15.9 Å². The van der Waals surface area contributed by atoms with Crippen molar-refractivity contribution in [2.45, 2.75) is 11.8 Å². The van der Waals surface area contributed by atoms with E-state index < -0.39 is 10.0 Å². The van der Waals surface area contributed by atoms with Crippen LogP contribution in [0, 0.1) is 6.92 Å². The highest BCUT2D eigenvalue weighted by Gasteiger charge is 2.31. The van der Waals surface area contributed by atoms with Crippen molar-refractivity contribution in [2.24, 2.45) is 0 Å². The number of aryl methyl sites for hydroxylation is 1. The highest BCUT2D eigenvalue weighted by Crippen LogP contribution is 2.25. The Hall–Kier alpha value is -2.40. The number of carbonyl (C=O) groups excluding carboxylic acids is 1. The van der Waals surface area contributed by atoms with Crippen LogP contribution in [0.25, 0.3) is 11.0 Å². The van der Waals surface area contributed by atoms with Gasteiger partial charge in [-0.05, 0) is 31.2 Å². The van der Waals surface area contributed by atoms with Crippen LogP contribution in [0.4, 0.5) is 5.69 Å². The molecule has 0 bridgehead atoms. The first kappa shape index (κ1) is 19.9. The summed E-state index contributed by atoms with van der Waals surface area (Å²) in [5.74, 6) is -0.108. The van der Waals surface area contributed by atoms with Crippen LogP contribution in [0.2, 0.25) is 0 Å². The van der Waals surface area contributed by atoms with Crippen LogP contribution in [0.5, 0.6) is 0 Å². The topological polar surface area (TPSA) is 95.5 Å². The van der Waals surface area contributed by atoms with Crippen molar-refractivity contribution in [3.05, 3.63) is 48.0 Å². The predicted octanol–water partition coefficient (Wildman–Crippen LogP) is 1.94. The molecule has 0 spiro atoms. The average molecular weight is 432 g/mol. The lowest BCUT2D eigenvalue weighted by atomic mass is 10.2. The van der Waals surface area contributed by atoms with Gasteiger partial charge in [-0.15, -0.1) is 0 Å². The maximum Gasteiger partial charge on any atom is 0.245 e. The maximum atomic E-state index is 13.1. The van der Waals surface area contributed by atoms with Crippen LogP contribution in [-0.2, 0) is 14.8 Å². The van der Waals surface area contributed by atoms with Crippen LogP contribution in [-0.4, -0.2) is 65.0 Å². The van der Waals surface area contributed by atoms with E-state index in [2.05, 4.69) is 14.1 Å². The Morgan fingerprint density at radius 1 is 1.07 bits per heavy atom. The standard InChI is InChI=1S/C19H21N5O3S2/c1-14-5-7-15(8-6-14)20-18(25)13-23-9-11-24(12-10-23)29(26,27)17-4-2-3-16-19(17)22-28-21-16/h2-8H,9-13H2,1H3,(H,20,25). The Morgan fingerprint density at radius 3 is 2.52 bits per heavy atom. The first-order valence-electron chi connectivity index (χ1n) is 9.24. The molecule has 4 rings (SSSR count). The summed E-state index contributed by atoms with van der Waals surface area (Å²) in [5.41, 5.74) is 2.89. The minimum Gasteiger partial charge on any atom is -0.325 e. The van der Waals surface area contributed by atoms with Gasteiger partial charge < -0.3 is 5.32 Å². The third-order valence-electron chi connectivity index (χ3n) is 4.90. The quantitative estimate of drug-likeness (QED) is 0.663. The second-order valence-electron chi connectivity index (χ2n) is 6.98. The van der Waals surface area contributed by atoms with Gasteiger partial charge >= 0.3 is 0 Å². The van der Waals surface area contributed by atoms with Crippen LogP contribution in [0.3, 0.4) is 0 Å². The molecule has 1 aromatic heterocycles. The fourth-order valence-electron chi connectivity index (χ4n) is 3.30. The summed E-state index contributed by atoms with van der Waals surface area (Å²) in [6.07, 6.45) is 0. The summed E-state index contributed by atoms with van der Waals surface area (Å²) in [4.78, 5) is 14.4. The minimum absolute atomic E-state index is 0.108. The van der Waals surface area contributed by atoms with Crippen molar-refractivity contribution in [3.8, 4) is 0 Å². The molecule has 2 heterocycles. The highest BCUT2D eigenvalue weighted by atomic mass is 32.2. The SMILES string of the molecule is Cc1ccc(NC(=O)CN2CCN(S(=O)(=O)c3cccc4nsnc34)CC2)cc1. The third kappa shape index (κ3) is 4.30. The Bertz CT molecular complexity index is 1120. The van der Waals surface area contributed by atoms with Crippen molar-refractivity contribution >= 4 is 44.4 Å². The molecule has 0 aliphatic carbocycles. The smallest absolute Gasteiger partial charge is 0.245 e. The first-order chi connectivity index (χ1) is 13.9. The van der Waals surface area contributed by atoms with Crippen LogP contribution >= 0.6 is 11.7 Å². The number of sulfonamides is 1. The lowest BCUT2D eigenvalue weighted by molar-refractivity contribution is -0.117. The van der Waals surface area contributed by atoms with E-state index in [1.54, 1.807) is 18.2 Å². The molecular weight excluding hydrogens is 410 g/mol. The van der Waals surface area contributed by atoms with Gasteiger partial charge in [0, 0.05) is 31.9 Å². The summed E-state index contributed by atoms with van der Waals surface area (Å²) in [6, 6.07) is 12.6. The summed E-state index contributed by atoms with van der Waals surface area (Å²) in [6.45, 7) is 3.86. The van der Waals surface area contributed by atoms with Gasteiger partial charge in [0.2, 0.25) is 15.9 Å². The molecule has 2 aromatic carbocycles. The third-order valence-corrected chi connectivity index (χ3v) is 7.37. The Balaban J connectivity index is 1.37. The molecule has 0 atom stereocenters. The highest BCUT2D eigenvalue weighted by molar-refractivity contribution is 7.89. The summed E-state index contributed by atoms with van der Waals surface area (Å²) < 4.78 is 35.8. The number of benzene rings is 2. The Kier molecular flexibility index (Phi) is 5.59. The number of hydrogen-bond acceptors (Lipinski definition) is 7. The molecule has 152 valence electrons. The zero-order valence-electron chi connectivity index (χ0n) is 15.9. The van der Waals surface area contributed by atoms with E-state index in [4.69, 9.17) is 0 Å². The van der Waals surface area contributed by atoms with Crippen molar-refractivity contribution in [1.82, 2.24) is 18.0 Å². The number of rotatable bonds is 5. The Morgan fingerprint density at radius 2 is 1.79 bits per heavy atom. The second-order valence-corrected chi connectivity index (χ2v) is 9.42. The first-order valence-corrected chi connectivity index (χ1v) is 11.4. The number of carbonyl (C=O) groups is 1. The minimum atomic E-state index is -3.65. The molecule has 0 saturated carbocycles. The van der Waals surface area contributed by atoms with Crippen molar-refractivity contribution in [3.63, 3.8) is 0 Å². The number of nitrogens with zero attached hydrogens (tertiary/aromatic N) is 4. The van der Waals surface area contributed by atoms with Gasteiger partial charge in [-0.2, -0.15) is 13.1 Å². The van der Waals surface area contributed by atoms with Gasteiger partial charge in [-0.1, -0.05) is 23.8 Å². The van der Waals surface area contributed by atoms with E-state index >= 15 is 0 Å². The number of amides is 1. The van der Waals surface area contributed by atoms with E-state index in [1.165, 1.54) is 4.31 Å². The van der Waals surface area contributed by atoms with E-state index in [1.807, 2.05) is 36.1 Å². The van der Waals surface area contributed by atoms with E-state index in [-0.39, 0.29) is 17.3 Å². The molecule has 1 aliphatic rings. The van der Waals surface area contributed by atoms with Crippen molar-refractivity contribution in [2.75, 3.05) is 38.0 Å². The zero-order valence-corrected chi connectivity index (χ0v) is 17.5. The molecular formula is C19H21N5O3S2. The van der Waals surface area contributed by atoms with Crippen LogP contribution < -0.4 is 5.32 Å². The predicted molar refractivity (Wildman–Crippen MR) is 112 cm³/mol.